The maximum atomic E-state index is 6.07. The molecule has 5 heteroatoms. The molecule has 0 atom stereocenters. The molecule has 1 heterocycles. The summed E-state index contributed by atoms with van der Waals surface area (Å²) in [6, 6.07) is 0. The average molecular weight is 258 g/mol. The normalized spacial score (nSPS) is 16.6. The van der Waals surface area contributed by atoms with E-state index in [9.17, 15) is 0 Å². The zero-order valence-electron chi connectivity index (χ0n) is 9.37. The SMILES string of the molecule is CNc1ncc(Cl)c(SCC2CCCC2)n1. The summed E-state index contributed by atoms with van der Waals surface area (Å²) in [5.74, 6) is 2.60. The molecule has 0 amide bonds. The summed E-state index contributed by atoms with van der Waals surface area (Å²) >= 11 is 7.82. The van der Waals surface area contributed by atoms with Crippen LogP contribution in [0.25, 0.3) is 0 Å². The first-order valence-electron chi connectivity index (χ1n) is 5.62. The highest BCUT2D eigenvalue weighted by Gasteiger charge is 2.16. The summed E-state index contributed by atoms with van der Waals surface area (Å²) in [5.41, 5.74) is 0. The molecular weight excluding hydrogens is 242 g/mol. The van der Waals surface area contributed by atoms with Gasteiger partial charge in [-0.25, -0.2) is 9.97 Å². The third kappa shape index (κ3) is 3.01. The Kier molecular flexibility index (Phi) is 4.29. The number of nitrogens with zero attached hydrogens (tertiary/aromatic N) is 2. The van der Waals surface area contributed by atoms with Crippen molar-refractivity contribution in [3.05, 3.63) is 11.2 Å². The monoisotopic (exact) mass is 257 g/mol. The lowest BCUT2D eigenvalue weighted by atomic mass is 10.1. The van der Waals surface area contributed by atoms with Crippen LogP contribution in [0.2, 0.25) is 5.02 Å². The van der Waals surface area contributed by atoms with E-state index in [1.54, 1.807) is 18.0 Å². The fraction of sp³-hybridized carbons (Fsp3) is 0.636. The maximum Gasteiger partial charge on any atom is 0.223 e. The number of anilines is 1. The van der Waals surface area contributed by atoms with Gasteiger partial charge in [-0.05, 0) is 18.8 Å². The van der Waals surface area contributed by atoms with Crippen molar-refractivity contribution < 1.29 is 0 Å². The molecule has 0 radical (unpaired) electrons. The molecule has 3 nitrogen and oxygen atoms in total. The van der Waals surface area contributed by atoms with E-state index in [1.807, 2.05) is 7.05 Å². The number of rotatable bonds is 4. The molecule has 1 N–H and O–H groups in total. The quantitative estimate of drug-likeness (QED) is 0.662. The molecule has 0 saturated heterocycles. The van der Waals surface area contributed by atoms with Gasteiger partial charge in [-0.3, -0.25) is 0 Å². The fourth-order valence-corrected chi connectivity index (χ4v) is 3.27. The Morgan fingerprint density at radius 2 is 2.25 bits per heavy atom. The van der Waals surface area contributed by atoms with Crippen LogP contribution in [-0.2, 0) is 0 Å². The van der Waals surface area contributed by atoms with Gasteiger partial charge >= 0.3 is 0 Å². The number of hydrogen-bond acceptors (Lipinski definition) is 4. The third-order valence-electron chi connectivity index (χ3n) is 2.87. The second kappa shape index (κ2) is 5.73. The molecule has 0 aromatic carbocycles. The number of halogens is 1. The van der Waals surface area contributed by atoms with E-state index in [0.29, 0.717) is 11.0 Å². The topological polar surface area (TPSA) is 37.8 Å². The van der Waals surface area contributed by atoms with Crippen LogP contribution in [0.3, 0.4) is 0 Å². The van der Waals surface area contributed by atoms with Gasteiger partial charge in [0.25, 0.3) is 0 Å². The first-order chi connectivity index (χ1) is 7.79. The Morgan fingerprint density at radius 1 is 1.50 bits per heavy atom. The summed E-state index contributed by atoms with van der Waals surface area (Å²) in [6.07, 6.45) is 7.13. The van der Waals surface area contributed by atoms with Crippen molar-refractivity contribution in [1.29, 1.82) is 0 Å². The van der Waals surface area contributed by atoms with Gasteiger partial charge in [0.05, 0.1) is 11.2 Å². The molecule has 0 aliphatic heterocycles. The second-order valence-electron chi connectivity index (χ2n) is 4.06. The predicted octanol–water partition coefficient (Wildman–Crippen LogP) is 3.45. The molecule has 1 aromatic rings. The molecule has 1 saturated carbocycles. The Morgan fingerprint density at radius 3 is 2.94 bits per heavy atom. The Labute approximate surface area is 105 Å². The van der Waals surface area contributed by atoms with E-state index >= 15 is 0 Å². The van der Waals surface area contributed by atoms with Gasteiger partial charge in [0.1, 0.15) is 5.03 Å². The average Bonchev–Trinajstić information content (AvgIpc) is 2.81. The van der Waals surface area contributed by atoms with Crippen molar-refractivity contribution in [2.45, 2.75) is 30.7 Å². The van der Waals surface area contributed by atoms with Crippen molar-refractivity contribution in [2.24, 2.45) is 5.92 Å². The van der Waals surface area contributed by atoms with Crippen LogP contribution in [0.5, 0.6) is 0 Å². The molecule has 2 rings (SSSR count). The lowest BCUT2D eigenvalue weighted by molar-refractivity contribution is 0.623. The van der Waals surface area contributed by atoms with Gasteiger partial charge < -0.3 is 5.32 Å². The number of hydrogen-bond donors (Lipinski definition) is 1. The number of thioether (sulfide) groups is 1. The zero-order valence-corrected chi connectivity index (χ0v) is 10.9. The molecule has 16 heavy (non-hydrogen) atoms. The lowest BCUT2D eigenvalue weighted by Gasteiger charge is -2.09. The Hall–Kier alpha value is -0.480. The summed E-state index contributed by atoms with van der Waals surface area (Å²) in [4.78, 5) is 8.43. The van der Waals surface area contributed by atoms with Crippen molar-refractivity contribution in [2.75, 3.05) is 18.1 Å². The van der Waals surface area contributed by atoms with Crippen LogP contribution >= 0.6 is 23.4 Å². The highest BCUT2D eigenvalue weighted by molar-refractivity contribution is 7.99. The number of nitrogens with one attached hydrogen (secondary N) is 1. The lowest BCUT2D eigenvalue weighted by Crippen LogP contribution is -2.00. The minimum atomic E-state index is 0.637. The predicted molar refractivity (Wildman–Crippen MR) is 69.3 cm³/mol. The third-order valence-corrected chi connectivity index (χ3v) is 4.48. The van der Waals surface area contributed by atoms with Gasteiger partial charge in [0.15, 0.2) is 0 Å². The van der Waals surface area contributed by atoms with E-state index < -0.39 is 0 Å². The smallest absolute Gasteiger partial charge is 0.223 e. The van der Waals surface area contributed by atoms with Crippen molar-refractivity contribution in [3.63, 3.8) is 0 Å². The van der Waals surface area contributed by atoms with Crippen molar-refractivity contribution in [3.8, 4) is 0 Å². The van der Waals surface area contributed by atoms with E-state index in [2.05, 4.69) is 15.3 Å². The molecule has 88 valence electrons. The molecule has 0 spiro atoms. The Bertz CT molecular complexity index is 353. The molecule has 1 aliphatic rings. The van der Waals surface area contributed by atoms with E-state index in [0.717, 1.165) is 16.7 Å². The van der Waals surface area contributed by atoms with Crippen LogP contribution in [0.4, 0.5) is 5.95 Å². The first kappa shape index (κ1) is 12.0. The van der Waals surface area contributed by atoms with Gasteiger partial charge in [-0.15, -0.1) is 11.8 Å². The number of aromatic nitrogens is 2. The molecule has 1 aliphatic carbocycles. The largest absolute Gasteiger partial charge is 0.357 e. The highest BCUT2D eigenvalue weighted by Crippen LogP contribution is 2.32. The van der Waals surface area contributed by atoms with Crippen LogP contribution in [0, 0.1) is 5.92 Å². The van der Waals surface area contributed by atoms with Gasteiger partial charge in [-0.1, -0.05) is 24.4 Å². The highest BCUT2D eigenvalue weighted by atomic mass is 35.5. The molecule has 0 unspecified atom stereocenters. The summed E-state index contributed by atoms with van der Waals surface area (Å²) in [6.45, 7) is 0. The summed E-state index contributed by atoms with van der Waals surface area (Å²) in [5, 5.41) is 4.48. The first-order valence-corrected chi connectivity index (χ1v) is 6.99. The van der Waals surface area contributed by atoms with Crippen molar-refractivity contribution in [1.82, 2.24) is 9.97 Å². The van der Waals surface area contributed by atoms with Gasteiger partial charge in [0.2, 0.25) is 5.95 Å². The standard InChI is InChI=1S/C11H16ClN3S/c1-13-11-14-6-9(12)10(15-11)16-7-8-4-2-3-5-8/h6,8H,2-5,7H2,1H3,(H,13,14,15). The summed E-state index contributed by atoms with van der Waals surface area (Å²) < 4.78 is 0. The Balaban J connectivity index is 1.96. The summed E-state index contributed by atoms with van der Waals surface area (Å²) in [7, 11) is 1.81. The minimum absolute atomic E-state index is 0.637. The van der Waals surface area contributed by atoms with Gasteiger partial charge in [-0.2, -0.15) is 0 Å². The zero-order chi connectivity index (χ0) is 11.4. The molecule has 0 bridgehead atoms. The van der Waals surface area contributed by atoms with Crippen molar-refractivity contribution >= 4 is 29.3 Å². The maximum absolute atomic E-state index is 6.07. The van der Waals surface area contributed by atoms with E-state index in [-0.39, 0.29) is 0 Å². The second-order valence-corrected chi connectivity index (χ2v) is 5.47. The molecular formula is C11H16ClN3S. The van der Waals surface area contributed by atoms with E-state index in [1.165, 1.54) is 25.7 Å². The van der Waals surface area contributed by atoms with Gasteiger partial charge in [0, 0.05) is 12.8 Å². The molecule has 1 fully saturated rings. The fourth-order valence-electron chi connectivity index (χ4n) is 1.95. The minimum Gasteiger partial charge on any atom is -0.357 e. The van der Waals surface area contributed by atoms with Crippen LogP contribution in [0.1, 0.15) is 25.7 Å². The van der Waals surface area contributed by atoms with Crippen LogP contribution in [-0.4, -0.2) is 22.8 Å². The van der Waals surface area contributed by atoms with E-state index in [4.69, 9.17) is 11.6 Å². The van der Waals surface area contributed by atoms with Crippen LogP contribution in [0.15, 0.2) is 11.2 Å². The molecule has 1 aromatic heterocycles. The van der Waals surface area contributed by atoms with Crippen LogP contribution < -0.4 is 5.32 Å².